The molecular formula is C25H38ClN3O. The first-order valence-corrected chi connectivity index (χ1v) is 11.9. The summed E-state index contributed by atoms with van der Waals surface area (Å²) in [6.07, 6.45) is 9.96. The van der Waals surface area contributed by atoms with Gasteiger partial charge in [0.2, 0.25) is 5.91 Å². The van der Waals surface area contributed by atoms with E-state index < -0.39 is 0 Å². The molecule has 2 unspecified atom stereocenters. The zero-order chi connectivity index (χ0) is 19.7. The van der Waals surface area contributed by atoms with Crippen LogP contribution in [0, 0.1) is 23.2 Å². The first kappa shape index (κ1) is 22.1. The third-order valence-corrected chi connectivity index (χ3v) is 8.22. The quantitative estimate of drug-likeness (QED) is 0.740. The Hall–Kier alpha value is -1.10. The SMILES string of the molecule is Cl.O=C(CN1CCN(Cc2ccccc2)CC1)NCC12CC3CCC(CC(C3)C1)C2. The molecule has 1 saturated heterocycles. The number of rotatable bonds is 6. The van der Waals surface area contributed by atoms with Crippen molar-refractivity contribution in [3.8, 4) is 0 Å². The zero-order valence-electron chi connectivity index (χ0n) is 18.2. The van der Waals surface area contributed by atoms with Gasteiger partial charge in [0, 0.05) is 39.3 Å². The lowest BCUT2D eigenvalue weighted by Crippen LogP contribution is -2.51. The van der Waals surface area contributed by atoms with Crippen molar-refractivity contribution in [1.82, 2.24) is 15.1 Å². The second kappa shape index (κ2) is 9.58. The van der Waals surface area contributed by atoms with Crippen LogP contribution in [0.25, 0.3) is 0 Å². The molecule has 1 aromatic rings. The van der Waals surface area contributed by atoms with Crippen molar-refractivity contribution in [2.45, 2.75) is 51.5 Å². The van der Waals surface area contributed by atoms with Crippen LogP contribution in [-0.4, -0.2) is 55.0 Å². The Morgan fingerprint density at radius 3 is 2.17 bits per heavy atom. The second-order valence-electron chi connectivity index (χ2n) is 10.6. The molecule has 5 heteroatoms. The fourth-order valence-electron chi connectivity index (χ4n) is 7.08. The molecular weight excluding hydrogens is 394 g/mol. The number of hydrogen-bond donors (Lipinski definition) is 1. The van der Waals surface area contributed by atoms with E-state index in [2.05, 4.69) is 45.4 Å². The topological polar surface area (TPSA) is 35.6 Å². The van der Waals surface area contributed by atoms with Crippen LogP contribution in [0.3, 0.4) is 0 Å². The van der Waals surface area contributed by atoms with Crippen molar-refractivity contribution < 1.29 is 4.79 Å². The number of nitrogens with zero attached hydrogens (tertiary/aromatic N) is 2. The van der Waals surface area contributed by atoms with Gasteiger partial charge in [-0.1, -0.05) is 43.2 Å². The van der Waals surface area contributed by atoms with E-state index in [1.807, 2.05) is 0 Å². The molecule has 4 nitrogen and oxygen atoms in total. The van der Waals surface area contributed by atoms with Gasteiger partial charge in [0.25, 0.3) is 0 Å². The Bertz CT molecular complexity index is 688. The zero-order valence-corrected chi connectivity index (χ0v) is 19.0. The van der Waals surface area contributed by atoms with Crippen LogP contribution >= 0.6 is 12.4 Å². The highest BCUT2D eigenvalue weighted by atomic mass is 35.5. The van der Waals surface area contributed by atoms with Gasteiger partial charge < -0.3 is 5.32 Å². The third kappa shape index (κ3) is 5.20. The summed E-state index contributed by atoms with van der Waals surface area (Å²) in [5.41, 5.74) is 1.81. The standard InChI is InChI=1S/C25H37N3O.ClH/c29-24(18-28-10-8-27(9-11-28)17-20-4-2-1-3-5-20)26-19-25-14-21-6-7-22(15-25)13-23(12-21)16-25;/h1-5,21-23H,6-19H2,(H,26,29);1H. The highest BCUT2D eigenvalue weighted by molar-refractivity contribution is 5.85. The maximum atomic E-state index is 12.7. The van der Waals surface area contributed by atoms with Crippen LogP contribution in [0.2, 0.25) is 0 Å². The number of amides is 1. The van der Waals surface area contributed by atoms with Crippen molar-refractivity contribution in [3.05, 3.63) is 35.9 Å². The summed E-state index contributed by atoms with van der Waals surface area (Å²) in [7, 11) is 0. The van der Waals surface area contributed by atoms with Gasteiger partial charge in [-0.05, 0) is 60.8 Å². The van der Waals surface area contributed by atoms with Crippen LogP contribution in [0.1, 0.15) is 50.5 Å². The van der Waals surface area contributed by atoms with E-state index in [4.69, 9.17) is 0 Å². The highest BCUT2D eigenvalue weighted by Crippen LogP contribution is 2.57. The maximum absolute atomic E-state index is 12.7. The highest BCUT2D eigenvalue weighted by Gasteiger charge is 2.48. The molecule has 6 rings (SSSR count). The summed E-state index contributed by atoms with van der Waals surface area (Å²) in [5, 5.41) is 3.37. The number of fused-ring (bicyclic) bond motifs is 1. The van der Waals surface area contributed by atoms with Crippen molar-refractivity contribution in [2.75, 3.05) is 39.3 Å². The Morgan fingerprint density at radius 1 is 0.900 bits per heavy atom. The number of carbonyl (C=O) groups excluding carboxylic acids is 1. The molecule has 4 saturated carbocycles. The van der Waals surface area contributed by atoms with Gasteiger partial charge in [-0.3, -0.25) is 14.6 Å². The first-order chi connectivity index (χ1) is 14.2. The number of hydrogen-bond acceptors (Lipinski definition) is 3. The summed E-state index contributed by atoms with van der Waals surface area (Å²) in [4.78, 5) is 17.5. The largest absolute Gasteiger partial charge is 0.354 e. The predicted molar refractivity (Wildman–Crippen MR) is 124 cm³/mol. The molecule has 30 heavy (non-hydrogen) atoms. The van der Waals surface area contributed by atoms with E-state index in [1.165, 1.54) is 50.5 Å². The Morgan fingerprint density at radius 2 is 1.50 bits per heavy atom. The number of benzene rings is 1. The van der Waals surface area contributed by atoms with Gasteiger partial charge in [-0.15, -0.1) is 12.4 Å². The summed E-state index contributed by atoms with van der Waals surface area (Å²) >= 11 is 0. The predicted octanol–water partition coefficient (Wildman–Crippen LogP) is 3.95. The molecule has 1 heterocycles. The fraction of sp³-hybridized carbons (Fsp3) is 0.720. The number of halogens is 1. The summed E-state index contributed by atoms with van der Waals surface area (Å²) in [6.45, 7) is 6.63. The van der Waals surface area contributed by atoms with Crippen molar-refractivity contribution in [1.29, 1.82) is 0 Å². The molecule has 4 aliphatic carbocycles. The van der Waals surface area contributed by atoms with Crippen LogP contribution < -0.4 is 5.32 Å². The van der Waals surface area contributed by atoms with E-state index in [-0.39, 0.29) is 18.3 Å². The van der Waals surface area contributed by atoms with Gasteiger partial charge in [-0.2, -0.15) is 0 Å². The van der Waals surface area contributed by atoms with Crippen molar-refractivity contribution in [3.63, 3.8) is 0 Å². The lowest BCUT2D eigenvalue weighted by atomic mass is 9.58. The molecule has 1 N–H and O–H groups in total. The Labute approximate surface area is 188 Å². The fourth-order valence-corrected chi connectivity index (χ4v) is 7.08. The maximum Gasteiger partial charge on any atom is 0.234 e. The van der Waals surface area contributed by atoms with Gasteiger partial charge in [0.15, 0.2) is 0 Å². The lowest BCUT2D eigenvalue weighted by molar-refractivity contribution is -0.123. The normalized spacial score (nSPS) is 33.7. The summed E-state index contributed by atoms with van der Waals surface area (Å²) in [6, 6.07) is 10.7. The number of piperazine rings is 1. The van der Waals surface area contributed by atoms with E-state index in [0.29, 0.717) is 12.0 Å². The van der Waals surface area contributed by atoms with E-state index in [1.54, 1.807) is 0 Å². The second-order valence-corrected chi connectivity index (χ2v) is 10.6. The first-order valence-electron chi connectivity index (χ1n) is 11.9. The van der Waals surface area contributed by atoms with Crippen LogP contribution in [0.15, 0.2) is 30.3 Å². The Kier molecular flexibility index (Phi) is 7.06. The lowest BCUT2D eigenvalue weighted by Gasteiger charge is -2.48. The minimum atomic E-state index is 0. The molecule has 166 valence electrons. The van der Waals surface area contributed by atoms with Crippen LogP contribution in [-0.2, 0) is 11.3 Å². The number of nitrogens with one attached hydrogen (secondary N) is 1. The molecule has 1 aromatic carbocycles. The molecule has 5 fully saturated rings. The van der Waals surface area contributed by atoms with Gasteiger partial charge >= 0.3 is 0 Å². The minimum Gasteiger partial charge on any atom is -0.354 e. The molecule has 0 aromatic heterocycles. The third-order valence-electron chi connectivity index (χ3n) is 8.22. The van der Waals surface area contributed by atoms with Crippen LogP contribution in [0.4, 0.5) is 0 Å². The van der Waals surface area contributed by atoms with Gasteiger partial charge in [0.1, 0.15) is 0 Å². The van der Waals surface area contributed by atoms with Crippen molar-refractivity contribution in [2.24, 2.45) is 23.2 Å². The molecule has 4 bridgehead atoms. The number of carbonyl (C=O) groups is 1. The summed E-state index contributed by atoms with van der Waals surface area (Å²) < 4.78 is 0. The molecule has 1 aliphatic heterocycles. The smallest absolute Gasteiger partial charge is 0.234 e. The van der Waals surface area contributed by atoms with E-state index in [9.17, 15) is 4.79 Å². The summed E-state index contributed by atoms with van der Waals surface area (Å²) in [5.74, 6) is 3.08. The molecule has 2 atom stereocenters. The Balaban J connectivity index is 0.00000218. The molecule has 1 amide bonds. The molecule has 5 aliphatic rings. The van der Waals surface area contributed by atoms with Gasteiger partial charge in [0.05, 0.1) is 6.54 Å². The van der Waals surface area contributed by atoms with Crippen LogP contribution in [0.5, 0.6) is 0 Å². The average molecular weight is 432 g/mol. The van der Waals surface area contributed by atoms with Gasteiger partial charge in [-0.25, -0.2) is 0 Å². The minimum absolute atomic E-state index is 0. The van der Waals surface area contributed by atoms with E-state index in [0.717, 1.165) is 57.0 Å². The monoisotopic (exact) mass is 431 g/mol. The van der Waals surface area contributed by atoms with E-state index >= 15 is 0 Å². The average Bonchev–Trinajstić information content (AvgIpc) is 2.94. The molecule has 0 radical (unpaired) electrons. The molecule has 0 spiro atoms. The van der Waals surface area contributed by atoms with Crippen molar-refractivity contribution >= 4 is 18.3 Å².